The highest BCUT2D eigenvalue weighted by Gasteiger charge is 2.74. The van der Waals surface area contributed by atoms with Crippen LogP contribution in [0.2, 0.25) is 0 Å². The molecule has 3 aliphatic rings. The molecule has 5 atom stereocenters. The van der Waals surface area contributed by atoms with Gasteiger partial charge in [-0.15, -0.1) is 0 Å². The molecule has 37 heavy (non-hydrogen) atoms. The average Bonchev–Trinajstić information content (AvgIpc) is 2.94. The Bertz CT molecular complexity index is 860. The van der Waals surface area contributed by atoms with Gasteiger partial charge in [0.1, 0.15) is 0 Å². The summed E-state index contributed by atoms with van der Waals surface area (Å²) in [7, 11) is 0. The monoisotopic (exact) mass is 525 g/mol. The van der Waals surface area contributed by atoms with E-state index in [1.165, 1.54) is 0 Å². The molecule has 0 spiro atoms. The summed E-state index contributed by atoms with van der Waals surface area (Å²) in [5.41, 5.74) is 0.352. The highest BCUT2D eigenvalue weighted by Crippen LogP contribution is 2.59. The number of allylic oxidation sites excluding steroid dienone is 3. The van der Waals surface area contributed by atoms with Gasteiger partial charge < -0.3 is 39.7 Å². The molecule has 2 heterocycles. The molecule has 9 heteroatoms. The topological polar surface area (TPSA) is 141 Å². The molecule has 3 rings (SSSR count). The first-order valence-corrected chi connectivity index (χ1v) is 13.4. The van der Waals surface area contributed by atoms with E-state index < -0.39 is 42.7 Å². The summed E-state index contributed by atoms with van der Waals surface area (Å²) in [6, 6.07) is 0. The fraction of sp³-hybridized carbons (Fsp3) is 0.821. The molecule has 0 bridgehead atoms. The molecule has 2 aliphatic heterocycles. The third-order valence-electron chi connectivity index (χ3n) is 7.97. The summed E-state index contributed by atoms with van der Waals surface area (Å²) in [4.78, 5) is 4.49. The Kier molecular flexibility index (Phi) is 9.78. The fourth-order valence-corrected chi connectivity index (χ4v) is 5.83. The van der Waals surface area contributed by atoms with Gasteiger partial charge in [-0.1, -0.05) is 19.9 Å². The summed E-state index contributed by atoms with van der Waals surface area (Å²) >= 11 is 0. The number of aliphatic imine (C=N–C) groups is 1. The number of hydrogen-bond donors (Lipinski definition) is 5. The Morgan fingerprint density at radius 1 is 1.19 bits per heavy atom. The molecule has 1 saturated carbocycles. The molecule has 1 saturated heterocycles. The summed E-state index contributed by atoms with van der Waals surface area (Å²) < 4.78 is 17.8. The average molecular weight is 526 g/mol. The number of rotatable bonds is 14. The van der Waals surface area contributed by atoms with Crippen LogP contribution in [0.5, 0.6) is 0 Å². The molecular weight excluding hydrogens is 478 g/mol. The van der Waals surface area contributed by atoms with Crippen LogP contribution in [0.4, 0.5) is 0 Å². The molecule has 0 aromatic carbocycles. The van der Waals surface area contributed by atoms with E-state index in [2.05, 4.69) is 38.8 Å². The largest absolute Gasteiger partial charge is 0.395 e. The Hall–Kier alpha value is -1.17. The summed E-state index contributed by atoms with van der Waals surface area (Å²) in [6.45, 7) is 10.2. The van der Waals surface area contributed by atoms with Crippen LogP contribution in [-0.4, -0.2) is 88.1 Å². The number of fused-ring (bicyclic) bond motifs is 1. The molecule has 212 valence electrons. The van der Waals surface area contributed by atoms with E-state index in [0.717, 1.165) is 37.0 Å². The third kappa shape index (κ3) is 7.08. The fourth-order valence-electron chi connectivity index (χ4n) is 5.83. The zero-order valence-electron chi connectivity index (χ0n) is 23.0. The lowest BCUT2D eigenvalue weighted by atomic mass is 9.77. The van der Waals surface area contributed by atoms with Gasteiger partial charge in [-0.3, -0.25) is 4.99 Å². The Labute approximate surface area is 220 Å². The minimum atomic E-state index is -1.78. The zero-order valence-corrected chi connectivity index (χ0v) is 23.0. The predicted molar refractivity (Wildman–Crippen MR) is 140 cm³/mol. The van der Waals surface area contributed by atoms with E-state index >= 15 is 0 Å². The second-order valence-corrected chi connectivity index (χ2v) is 12.5. The van der Waals surface area contributed by atoms with E-state index in [1.54, 1.807) is 6.92 Å². The molecule has 9 nitrogen and oxygen atoms in total. The number of aliphatic hydroxyl groups excluding tert-OH is 4. The van der Waals surface area contributed by atoms with Gasteiger partial charge in [-0.05, 0) is 69.9 Å². The first kappa shape index (κ1) is 30.4. The second kappa shape index (κ2) is 11.9. The lowest BCUT2D eigenvalue weighted by Crippen LogP contribution is -2.68. The number of aliphatic hydroxyl groups is 5. The number of ether oxygens (including phenoxy) is 3. The van der Waals surface area contributed by atoms with Gasteiger partial charge in [0.2, 0.25) is 0 Å². The van der Waals surface area contributed by atoms with Crippen molar-refractivity contribution in [2.75, 3.05) is 26.4 Å². The molecule has 2 fully saturated rings. The number of nitrogens with zero attached hydrogens (tertiary/aromatic N) is 1. The molecule has 5 N–H and O–H groups in total. The highest BCUT2D eigenvalue weighted by molar-refractivity contribution is 5.64. The lowest BCUT2D eigenvalue weighted by molar-refractivity contribution is -0.456. The Morgan fingerprint density at radius 2 is 1.89 bits per heavy atom. The molecule has 0 aromatic rings. The summed E-state index contributed by atoms with van der Waals surface area (Å²) in [6.07, 6.45) is 7.68. The predicted octanol–water partition coefficient (Wildman–Crippen LogP) is 2.45. The first-order chi connectivity index (χ1) is 17.3. The number of hydrogen-bond acceptors (Lipinski definition) is 9. The third-order valence-corrected chi connectivity index (χ3v) is 7.97. The molecule has 1 aliphatic carbocycles. The summed E-state index contributed by atoms with van der Waals surface area (Å²) in [5.74, 6) is -2.48. The van der Waals surface area contributed by atoms with Crippen molar-refractivity contribution in [2.24, 2.45) is 21.7 Å². The first-order valence-electron chi connectivity index (χ1n) is 13.4. The molecule has 0 radical (unpaired) electrons. The van der Waals surface area contributed by atoms with Crippen LogP contribution < -0.4 is 0 Å². The van der Waals surface area contributed by atoms with E-state index in [9.17, 15) is 25.5 Å². The highest BCUT2D eigenvalue weighted by atomic mass is 16.8. The van der Waals surface area contributed by atoms with E-state index in [4.69, 9.17) is 14.2 Å². The Morgan fingerprint density at radius 3 is 2.54 bits per heavy atom. The van der Waals surface area contributed by atoms with Crippen molar-refractivity contribution in [3.05, 3.63) is 23.4 Å². The SMILES string of the molecule is CC(O)CCC1=CC=C(COC(C)(C)CC(C)(C)CCOC2OC3(O)C2C(O)CC3(CO)CO)CC=N1. The quantitative estimate of drug-likeness (QED) is 0.233. The molecular formula is C28H47NO8. The minimum absolute atomic E-state index is 0.0549. The maximum absolute atomic E-state index is 10.8. The summed E-state index contributed by atoms with van der Waals surface area (Å²) in [5, 5.41) is 50.2. The van der Waals surface area contributed by atoms with Crippen LogP contribution in [0.25, 0.3) is 0 Å². The maximum atomic E-state index is 10.8. The van der Waals surface area contributed by atoms with Crippen molar-refractivity contribution in [3.63, 3.8) is 0 Å². The molecule has 5 unspecified atom stereocenters. The Balaban J connectivity index is 1.45. The van der Waals surface area contributed by atoms with Crippen molar-refractivity contribution >= 4 is 6.21 Å². The molecule has 0 aromatic heterocycles. The van der Waals surface area contributed by atoms with Gasteiger partial charge in [-0.25, -0.2) is 0 Å². The van der Waals surface area contributed by atoms with Gasteiger partial charge in [0, 0.05) is 18.3 Å². The minimum Gasteiger partial charge on any atom is -0.395 e. The van der Waals surface area contributed by atoms with Crippen LogP contribution in [0.1, 0.15) is 73.1 Å². The van der Waals surface area contributed by atoms with Crippen LogP contribution in [-0.2, 0) is 14.2 Å². The van der Waals surface area contributed by atoms with Crippen molar-refractivity contribution in [1.82, 2.24) is 0 Å². The van der Waals surface area contributed by atoms with Crippen LogP contribution in [0, 0.1) is 16.7 Å². The van der Waals surface area contributed by atoms with Gasteiger partial charge >= 0.3 is 0 Å². The van der Waals surface area contributed by atoms with Crippen LogP contribution >= 0.6 is 0 Å². The van der Waals surface area contributed by atoms with E-state index in [0.29, 0.717) is 19.6 Å². The standard InChI is InChI=1S/C28H47NO8/c1-19(32)6-8-21-9-7-20(10-12-29-21)15-36-26(4,5)16-25(2,3)11-13-35-24-23-22(33)14-27(17-30,18-31)28(23,34)37-24/h7,9,12,19,22-24,30-34H,6,8,10-11,13-18H2,1-5H3. The van der Waals surface area contributed by atoms with E-state index in [1.807, 2.05) is 12.3 Å². The second-order valence-electron chi connectivity index (χ2n) is 12.5. The van der Waals surface area contributed by atoms with Gasteiger partial charge in [0.25, 0.3) is 0 Å². The van der Waals surface area contributed by atoms with Crippen molar-refractivity contribution in [3.8, 4) is 0 Å². The van der Waals surface area contributed by atoms with Crippen molar-refractivity contribution < 1.29 is 39.7 Å². The zero-order chi connectivity index (χ0) is 27.5. The van der Waals surface area contributed by atoms with Crippen LogP contribution in [0.15, 0.2) is 28.4 Å². The van der Waals surface area contributed by atoms with Gasteiger partial charge in [0.05, 0.1) is 55.6 Å². The van der Waals surface area contributed by atoms with Crippen molar-refractivity contribution in [2.45, 2.75) is 103 Å². The van der Waals surface area contributed by atoms with Gasteiger partial charge in [0.15, 0.2) is 12.1 Å². The van der Waals surface area contributed by atoms with E-state index in [-0.39, 0.29) is 23.5 Å². The normalized spacial score (nSPS) is 30.3. The van der Waals surface area contributed by atoms with Gasteiger partial charge in [-0.2, -0.15) is 0 Å². The smallest absolute Gasteiger partial charge is 0.189 e. The lowest BCUT2D eigenvalue weighted by Gasteiger charge is -2.53. The molecule has 0 amide bonds. The van der Waals surface area contributed by atoms with Crippen LogP contribution in [0.3, 0.4) is 0 Å². The maximum Gasteiger partial charge on any atom is 0.189 e. The van der Waals surface area contributed by atoms with Crippen molar-refractivity contribution in [1.29, 1.82) is 0 Å².